The average molecular weight is 451 g/mol. The highest BCUT2D eigenvalue weighted by Crippen LogP contribution is 2.48. The molecule has 7 heteroatoms. The van der Waals surface area contributed by atoms with Crippen molar-refractivity contribution < 1.29 is 14.7 Å². The van der Waals surface area contributed by atoms with E-state index in [-0.39, 0.29) is 11.3 Å². The van der Waals surface area contributed by atoms with Crippen LogP contribution in [0.5, 0.6) is 0 Å². The van der Waals surface area contributed by atoms with E-state index in [0.29, 0.717) is 30.0 Å². The summed E-state index contributed by atoms with van der Waals surface area (Å²) < 4.78 is 5.24. The molecule has 3 N–H and O–H groups in total. The molecule has 7 nitrogen and oxygen atoms in total. The lowest BCUT2D eigenvalue weighted by molar-refractivity contribution is -0.0769. The predicted molar refractivity (Wildman–Crippen MR) is 127 cm³/mol. The van der Waals surface area contributed by atoms with Gasteiger partial charge in [0.25, 0.3) is 5.89 Å². The van der Waals surface area contributed by atoms with Crippen LogP contribution in [0.1, 0.15) is 70.5 Å². The van der Waals surface area contributed by atoms with Gasteiger partial charge in [-0.3, -0.25) is 4.98 Å². The fourth-order valence-electron chi connectivity index (χ4n) is 4.34. The van der Waals surface area contributed by atoms with Crippen LogP contribution < -0.4 is 5.32 Å². The van der Waals surface area contributed by atoms with Crippen molar-refractivity contribution in [3.8, 4) is 11.4 Å². The summed E-state index contributed by atoms with van der Waals surface area (Å²) in [5.41, 5.74) is 0.499. The maximum absolute atomic E-state index is 12.3. The lowest BCUT2D eigenvalue weighted by Gasteiger charge is -2.52. The summed E-state index contributed by atoms with van der Waals surface area (Å²) in [5.74, 6) is 0.447. The molecule has 1 fully saturated rings. The molecule has 1 aromatic carbocycles. The molecule has 0 amide bonds. The van der Waals surface area contributed by atoms with E-state index in [1.54, 1.807) is 26.2 Å². The smallest absolute Gasteiger partial charge is 0.258 e. The van der Waals surface area contributed by atoms with Crippen LogP contribution in [0.3, 0.4) is 0 Å². The van der Waals surface area contributed by atoms with Gasteiger partial charge in [0.1, 0.15) is 11.2 Å². The second-order valence-electron chi connectivity index (χ2n) is 10.6. The van der Waals surface area contributed by atoms with Gasteiger partial charge in [-0.05, 0) is 42.9 Å². The second kappa shape index (κ2) is 8.01. The van der Waals surface area contributed by atoms with E-state index in [9.17, 15) is 10.2 Å². The molecule has 33 heavy (non-hydrogen) atoms. The number of pyridine rings is 1. The van der Waals surface area contributed by atoms with Crippen LogP contribution >= 0.6 is 0 Å². The number of benzene rings is 1. The Bertz CT molecular complexity index is 1130. The molecule has 3 heterocycles. The highest BCUT2D eigenvalue weighted by molar-refractivity contribution is 5.56. The number of aromatic nitrogens is 3. The normalized spacial score (nSPS) is 17.9. The molecule has 1 aliphatic heterocycles. The fourth-order valence-corrected chi connectivity index (χ4v) is 4.34. The summed E-state index contributed by atoms with van der Waals surface area (Å²) in [7, 11) is 0. The number of rotatable bonds is 7. The van der Waals surface area contributed by atoms with Gasteiger partial charge in [0, 0.05) is 42.0 Å². The summed E-state index contributed by atoms with van der Waals surface area (Å²) in [4.78, 5) is 8.73. The van der Waals surface area contributed by atoms with Crippen molar-refractivity contribution in [2.45, 2.75) is 64.6 Å². The maximum Gasteiger partial charge on any atom is 0.258 e. The van der Waals surface area contributed by atoms with Gasteiger partial charge in [-0.2, -0.15) is 4.98 Å². The van der Waals surface area contributed by atoms with E-state index in [2.05, 4.69) is 60.3 Å². The van der Waals surface area contributed by atoms with Crippen molar-refractivity contribution in [3.63, 3.8) is 0 Å². The number of aliphatic hydroxyl groups is 2. The first-order valence-corrected chi connectivity index (χ1v) is 11.5. The Hall–Kier alpha value is -2.61. The van der Waals surface area contributed by atoms with Crippen LogP contribution in [0.4, 0.5) is 0 Å². The molecule has 1 saturated heterocycles. The van der Waals surface area contributed by atoms with Crippen LogP contribution in [0.15, 0.2) is 47.2 Å². The summed E-state index contributed by atoms with van der Waals surface area (Å²) in [6.07, 6.45) is 4.37. The van der Waals surface area contributed by atoms with Crippen molar-refractivity contribution in [1.29, 1.82) is 0 Å². The molecule has 0 saturated carbocycles. The number of nitrogens with zero attached hydrogens (tertiary/aromatic N) is 3. The minimum atomic E-state index is -1.26. The lowest BCUT2D eigenvalue weighted by atomic mass is 9.62. The van der Waals surface area contributed by atoms with Gasteiger partial charge in [-0.25, -0.2) is 0 Å². The van der Waals surface area contributed by atoms with Gasteiger partial charge in [-0.15, -0.1) is 0 Å². The standard InChI is InChI=1S/C26H34N4O3/c1-7-23(2,3)18-8-10-19(11-9-18)26(32,25(6)15-28-16-25)20-12-17(13-27-14-20)21-29-22(33-30-21)24(4,5)31/h8-14,28,31-32H,7,15-16H2,1-6H3/t26-/m0/s1. The molecule has 0 spiro atoms. The predicted octanol–water partition coefficient (Wildman–Crippen LogP) is 3.89. The van der Waals surface area contributed by atoms with Crippen LogP contribution in [0.2, 0.25) is 0 Å². The average Bonchev–Trinajstić information content (AvgIpc) is 3.28. The largest absolute Gasteiger partial charge is 0.381 e. The third kappa shape index (κ3) is 3.98. The van der Waals surface area contributed by atoms with E-state index in [0.717, 1.165) is 12.0 Å². The molecule has 1 aliphatic rings. The Morgan fingerprint density at radius 3 is 2.15 bits per heavy atom. The summed E-state index contributed by atoms with van der Waals surface area (Å²) in [6.45, 7) is 13.3. The molecular formula is C26H34N4O3. The van der Waals surface area contributed by atoms with Crippen molar-refractivity contribution >= 4 is 0 Å². The molecule has 2 aromatic heterocycles. The van der Waals surface area contributed by atoms with Crippen LogP contribution in [-0.4, -0.2) is 38.4 Å². The SMILES string of the molecule is CCC(C)(C)c1ccc([C@](O)(c2cncc(-c3noc(C(C)(C)O)n3)c2)C2(C)CNC2)cc1. The fraction of sp³-hybridized carbons (Fsp3) is 0.500. The Morgan fingerprint density at radius 2 is 1.64 bits per heavy atom. The van der Waals surface area contributed by atoms with E-state index in [4.69, 9.17) is 4.52 Å². The summed E-state index contributed by atoms with van der Waals surface area (Å²) in [5, 5.41) is 29.8. The van der Waals surface area contributed by atoms with Gasteiger partial charge >= 0.3 is 0 Å². The third-order valence-electron chi connectivity index (χ3n) is 7.24. The topological polar surface area (TPSA) is 104 Å². The van der Waals surface area contributed by atoms with E-state index >= 15 is 0 Å². The first-order chi connectivity index (χ1) is 15.4. The molecule has 176 valence electrons. The van der Waals surface area contributed by atoms with Crippen molar-refractivity contribution in [1.82, 2.24) is 20.4 Å². The van der Waals surface area contributed by atoms with Crippen LogP contribution in [0.25, 0.3) is 11.4 Å². The lowest BCUT2D eigenvalue weighted by Crippen LogP contribution is -2.63. The van der Waals surface area contributed by atoms with E-state index in [1.807, 2.05) is 18.2 Å². The zero-order valence-corrected chi connectivity index (χ0v) is 20.3. The number of hydrogen-bond donors (Lipinski definition) is 3. The first kappa shape index (κ1) is 23.5. The summed E-state index contributed by atoms with van der Waals surface area (Å²) >= 11 is 0. The van der Waals surface area contributed by atoms with E-state index in [1.165, 1.54) is 5.56 Å². The quantitative estimate of drug-likeness (QED) is 0.502. The van der Waals surface area contributed by atoms with Crippen LogP contribution in [-0.2, 0) is 16.6 Å². The molecule has 0 radical (unpaired) electrons. The van der Waals surface area contributed by atoms with Gasteiger partial charge in [-0.1, -0.05) is 57.1 Å². The Morgan fingerprint density at radius 1 is 1.00 bits per heavy atom. The van der Waals surface area contributed by atoms with Crippen molar-refractivity contribution in [3.05, 3.63) is 65.3 Å². The second-order valence-corrected chi connectivity index (χ2v) is 10.6. The van der Waals surface area contributed by atoms with Crippen LogP contribution in [0, 0.1) is 5.41 Å². The monoisotopic (exact) mass is 450 g/mol. The van der Waals surface area contributed by atoms with E-state index < -0.39 is 16.6 Å². The molecule has 0 unspecified atom stereocenters. The minimum absolute atomic E-state index is 0.0663. The maximum atomic E-state index is 12.3. The molecule has 1 atom stereocenters. The van der Waals surface area contributed by atoms with Gasteiger partial charge in [0.15, 0.2) is 0 Å². The highest BCUT2D eigenvalue weighted by atomic mass is 16.5. The molecule has 0 aliphatic carbocycles. The van der Waals surface area contributed by atoms with Crippen molar-refractivity contribution in [2.24, 2.45) is 5.41 Å². The van der Waals surface area contributed by atoms with Gasteiger partial charge < -0.3 is 20.1 Å². The zero-order chi connectivity index (χ0) is 24.1. The molecule has 3 aromatic rings. The van der Waals surface area contributed by atoms with Gasteiger partial charge in [0.2, 0.25) is 5.82 Å². The molecule has 4 rings (SSSR count). The minimum Gasteiger partial charge on any atom is -0.381 e. The first-order valence-electron chi connectivity index (χ1n) is 11.5. The zero-order valence-electron chi connectivity index (χ0n) is 20.3. The van der Waals surface area contributed by atoms with Crippen molar-refractivity contribution in [2.75, 3.05) is 13.1 Å². The number of hydrogen-bond acceptors (Lipinski definition) is 7. The van der Waals surface area contributed by atoms with Gasteiger partial charge in [0.05, 0.1) is 0 Å². The Kier molecular flexibility index (Phi) is 5.71. The molecule has 0 bridgehead atoms. The summed E-state index contributed by atoms with van der Waals surface area (Å²) in [6, 6.07) is 10.2. The number of nitrogens with one attached hydrogen (secondary N) is 1. The Labute approximate surface area is 195 Å². The third-order valence-corrected chi connectivity index (χ3v) is 7.24. The molecular weight excluding hydrogens is 416 g/mol. The highest BCUT2D eigenvalue weighted by Gasteiger charge is 2.53. The Balaban J connectivity index is 1.79.